The van der Waals surface area contributed by atoms with Crippen molar-refractivity contribution in [3.8, 4) is 0 Å². The third kappa shape index (κ3) is 5.79. The summed E-state index contributed by atoms with van der Waals surface area (Å²) in [4.78, 5) is 20.9. The molecule has 0 unspecified atom stereocenters. The summed E-state index contributed by atoms with van der Waals surface area (Å²) in [6.07, 6.45) is 1.36. The van der Waals surface area contributed by atoms with Gasteiger partial charge in [0.1, 0.15) is 6.04 Å². The van der Waals surface area contributed by atoms with Crippen molar-refractivity contribution in [3.05, 3.63) is 11.6 Å². The lowest BCUT2D eigenvalue weighted by Crippen LogP contribution is -2.29. The number of aliphatic carboxylic acids is 2. The number of carboxylic acids is 2. The summed E-state index contributed by atoms with van der Waals surface area (Å²) in [7, 11) is 0. The second kappa shape index (κ2) is 6.94. The normalized spacial score (nSPS) is 13.6. The minimum absolute atomic E-state index is 0.00403. The molecule has 0 heterocycles. The topological polar surface area (TPSA) is 101 Å². The Labute approximate surface area is 86.4 Å². The van der Waals surface area contributed by atoms with Gasteiger partial charge in [0, 0.05) is 5.57 Å². The molecule has 0 saturated heterocycles. The van der Waals surface area contributed by atoms with Gasteiger partial charge < -0.3 is 15.9 Å². The molecule has 0 aliphatic heterocycles. The first-order valence-electron chi connectivity index (χ1n) is 4.45. The zero-order chi connectivity index (χ0) is 11.8. The number of alkyl halides is 1. The summed E-state index contributed by atoms with van der Waals surface area (Å²) in [6, 6.07) is -1.12. The first kappa shape index (κ1) is 13.6. The van der Waals surface area contributed by atoms with E-state index in [1.54, 1.807) is 0 Å². The summed E-state index contributed by atoms with van der Waals surface area (Å²) < 4.78 is 11.8. The fourth-order valence-electron chi connectivity index (χ4n) is 0.924. The number of halogens is 1. The fourth-order valence-corrected chi connectivity index (χ4v) is 0.924. The first-order valence-corrected chi connectivity index (χ1v) is 4.45. The highest BCUT2D eigenvalue weighted by Gasteiger charge is 2.12. The van der Waals surface area contributed by atoms with Crippen LogP contribution in [0.4, 0.5) is 4.39 Å². The third-order valence-electron chi connectivity index (χ3n) is 1.79. The molecule has 15 heavy (non-hydrogen) atoms. The first-order chi connectivity index (χ1) is 6.99. The molecule has 86 valence electrons. The van der Waals surface area contributed by atoms with E-state index in [1.165, 1.54) is 6.08 Å². The summed E-state index contributed by atoms with van der Waals surface area (Å²) in [5.41, 5.74) is 5.19. The number of rotatable bonds is 7. The minimum atomic E-state index is -1.19. The molecule has 0 amide bonds. The van der Waals surface area contributed by atoms with Crippen LogP contribution in [-0.2, 0) is 9.59 Å². The van der Waals surface area contributed by atoms with Crippen molar-refractivity contribution < 1.29 is 24.2 Å². The van der Waals surface area contributed by atoms with E-state index in [0.717, 1.165) is 0 Å². The third-order valence-corrected chi connectivity index (χ3v) is 1.79. The van der Waals surface area contributed by atoms with Crippen LogP contribution in [-0.4, -0.2) is 34.9 Å². The predicted octanol–water partition coefficient (Wildman–Crippen LogP) is 0.549. The van der Waals surface area contributed by atoms with Gasteiger partial charge in [0.15, 0.2) is 0 Å². The SMILES string of the molecule is N[C@@H](C/C=C(/CCCF)C(=O)O)C(=O)O. The van der Waals surface area contributed by atoms with Crippen LogP contribution in [0.25, 0.3) is 0 Å². The standard InChI is InChI=1S/C9H14FNO4/c10-5-1-2-6(8(12)13)3-4-7(11)9(14)15/h3,7H,1-2,4-5,11H2,(H,12,13)(H,14,15)/b6-3-/t7-/m0/s1. The largest absolute Gasteiger partial charge is 0.480 e. The van der Waals surface area contributed by atoms with E-state index in [0.29, 0.717) is 0 Å². The summed E-state index contributed by atoms with van der Waals surface area (Å²) in [5, 5.41) is 17.1. The van der Waals surface area contributed by atoms with Crippen molar-refractivity contribution in [1.29, 1.82) is 0 Å². The number of hydrogen-bond donors (Lipinski definition) is 3. The smallest absolute Gasteiger partial charge is 0.331 e. The van der Waals surface area contributed by atoms with Gasteiger partial charge in [-0.05, 0) is 19.3 Å². The lowest BCUT2D eigenvalue weighted by atomic mass is 10.1. The molecule has 0 aromatic rings. The molecule has 0 aliphatic carbocycles. The molecule has 0 radical (unpaired) electrons. The van der Waals surface area contributed by atoms with E-state index in [4.69, 9.17) is 15.9 Å². The van der Waals surface area contributed by atoms with Crippen LogP contribution in [0.3, 0.4) is 0 Å². The van der Waals surface area contributed by atoms with Crippen LogP contribution in [0.5, 0.6) is 0 Å². The van der Waals surface area contributed by atoms with Crippen LogP contribution in [0, 0.1) is 0 Å². The molecule has 0 fully saturated rings. The zero-order valence-corrected chi connectivity index (χ0v) is 8.15. The van der Waals surface area contributed by atoms with Gasteiger partial charge in [-0.1, -0.05) is 6.08 Å². The molecule has 0 spiro atoms. The number of carbonyl (C=O) groups is 2. The highest BCUT2D eigenvalue weighted by atomic mass is 19.1. The Morgan fingerprint density at radius 2 is 2.00 bits per heavy atom. The monoisotopic (exact) mass is 219 g/mol. The van der Waals surface area contributed by atoms with Gasteiger partial charge in [0.2, 0.25) is 0 Å². The maximum absolute atomic E-state index is 11.8. The molecule has 0 bridgehead atoms. The molecule has 4 N–H and O–H groups in total. The van der Waals surface area contributed by atoms with Crippen LogP contribution in [0.1, 0.15) is 19.3 Å². The maximum Gasteiger partial charge on any atom is 0.331 e. The van der Waals surface area contributed by atoms with E-state index in [9.17, 15) is 14.0 Å². The second-order valence-corrected chi connectivity index (χ2v) is 3.01. The number of nitrogens with two attached hydrogens (primary N) is 1. The Hall–Kier alpha value is -1.43. The van der Waals surface area contributed by atoms with Crippen molar-refractivity contribution in [2.45, 2.75) is 25.3 Å². The van der Waals surface area contributed by atoms with Crippen molar-refractivity contribution in [3.63, 3.8) is 0 Å². The Balaban J connectivity index is 4.29. The molecule has 5 nitrogen and oxygen atoms in total. The molecule has 0 saturated carbocycles. The van der Waals surface area contributed by atoms with E-state index < -0.39 is 24.7 Å². The Morgan fingerprint density at radius 3 is 2.40 bits per heavy atom. The van der Waals surface area contributed by atoms with Gasteiger partial charge in [-0.15, -0.1) is 0 Å². The lowest BCUT2D eigenvalue weighted by Gasteiger charge is -2.04. The zero-order valence-electron chi connectivity index (χ0n) is 8.15. The predicted molar refractivity (Wildman–Crippen MR) is 51.2 cm³/mol. The molecule has 0 aromatic carbocycles. The fraction of sp³-hybridized carbons (Fsp3) is 0.556. The molecule has 0 aromatic heterocycles. The summed E-state index contributed by atoms with van der Waals surface area (Å²) in [6.45, 7) is -0.602. The maximum atomic E-state index is 11.8. The molecular weight excluding hydrogens is 205 g/mol. The number of hydrogen-bond acceptors (Lipinski definition) is 3. The van der Waals surface area contributed by atoms with Crippen molar-refractivity contribution in [1.82, 2.24) is 0 Å². The lowest BCUT2D eigenvalue weighted by molar-refractivity contribution is -0.138. The highest BCUT2D eigenvalue weighted by molar-refractivity contribution is 5.86. The van der Waals surface area contributed by atoms with Crippen molar-refractivity contribution in [2.75, 3.05) is 6.67 Å². The van der Waals surface area contributed by atoms with Gasteiger partial charge in [-0.2, -0.15) is 0 Å². The molecule has 0 aliphatic rings. The van der Waals surface area contributed by atoms with Crippen LogP contribution in [0.15, 0.2) is 11.6 Å². The minimum Gasteiger partial charge on any atom is -0.480 e. The van der Waals surface area contributed by atoms with Gasteiger partial charge in [-0.25, -0.2) is 4.79 Å². The van der Waals surface area contributed by atoms with Crippen molar-refractivity contribution >= 4 is 11.9 Å². The Morgan fingerprint density at radius 1 is 1.40 bits per heavy atom. The van der Waals surface area contributed by atoms with Gasteiger partial charge in [0.05, 0.1) is 6.67 Å². The van der Waals surface area contributed by atoms with Gasteiger partial charge in [-0.3, -0.25) is 9.18 Å². The Kier molecular flexibility index (Phi) is 6.28. The molecule has 1 atom stereocenters. The van der Waals surface area contributed by atoms with E-state index in [-0.39, 0.29) is 24.8 Å². The van der Waals surface area contributed by atoms with Crippen LogP contribution < -0.4 is 5.73 Å². The molecule has 6 heteroatoms. The summed E-state index contributed by atoms with van der Waals surface area (Å²) in [5.74, 6) is -2.36. The van der Waals surface area contributed by atoms with Gasteiger partial charge >= 0.3 is 11.9 Å². The molecule has 0 rings (SSSR count). The van der Waals surface area contributed by atoms with Crippen LogP contribution in [0.2, 0.25) is 0 Å². The Bertz CT molecular complexity index is 265. The quantitative estimate of drug-likeness (QED) is 0.543. The average Bonchev–Trinajstić information content (AvgIpc) is 2.16. The highest BCUT2D eigenvalue weighted by Crippen LogP contribution is 2.08. The van der Waals surface area contributed by atoms with Crippen LogP contribution >= 0.6 is 0 Å². The second-order valence-electron chi connectivity index (χ2n) is 3.01. The number of carboxylic acid groups (broad SMARTS) is 2. The van der Waals surface area contributed by atoms with E-state index in [2.05, 4.69) is 0 Å². The average molecular weight is 219 g/mol. The summed E-state index contributed by atoms with van der Waals surface area (Å²) >= 11 is 0. The van der Waals surface area contributed by atoms with E-state index >= 15 is 0 Å². The molecular formula is C9H14FNO4. The van der Waals surface area contributed by atoms with Crippen molar-refractivity contribution in [2.24, 2.45) is 5.73 Å². The van der Waals surface area contributed by atoms with Gasteiger partial charge in [0.25, 0.3) is 0 Å². The van der Waals surface area contributed by atoms with E-state index in [1.807, 2.05) is 0 Å².